The fourth-order valence-electron chi connectivity index (χ4n) is 3.46. The van der Waals surface area contributed by atoms with Crippen molar-refractivity contribution in [3.8, 4) is 11.5 Å². The Bertz CT molecular complexity index is 1130. The Kier molecular flexibility index (Phi) is 5.33. The highest BCUT2D eigenvalue weighted by molar-refractivity contribution is 6.18. The molecule has 3 N–H and O–H groups in total. The lowest BCUT2D eigenvalue weighted by Crippen LogP contribution is -2.24. The van der Waals surface area contributed by atoms with Gasteiger partial charge in [0, 0.05) is 55.5 Å². The quantitative estimate of drug-likeness (QED) is 0.491. The monoisotopic (exact) mass is 420 g/mol. The zero-order chi connectivity index (χ0) is 22.0. The molecule has 0 atom stereocenters. The first-order chi connectivity index (χ1) is 14.8. The number of nitrogens with one attached hydrogen (secondary N) is 3. The number of aryl methyl sites for hydroxylation is 1. The zero-order valence-corrected chi connectivity index (χ0v) is 17.6. The molecule has 31 heavy (non-hydrogen) atoms. The van der Waals surface area contributed by atoms with Gasteiger partial charge in [-0.05, 0) is 26.0 Å². The topological polar surface area (TPSA) is 114 Å². The Morgan fingerprint density at radius 3 is 2.97 bits per heavy atom. The van der Waals surface area contributed by atoms with Crippen LogP contribution in [0.1, 0.15) is 25.0 Å². The number of carbonyl (C=O) groups is 1. The van der Waals surface area contributed by atoms with Crippen LogP contribution in [0.5, 0.6) is 11.5 Å². The number of fused-ring (bicyclic) bond motifs is 1. The molecule has 0 saturated heterocycles. The summed E-state index contributed by atoms with van der Waals surface area (Å²) in [5, 5.41) is 17.6. The molecule has 1 aromatic carbocycles. The number of carbonyl (C=O) groups excluding carboxylic acids is 1. The Balaban J connectivity index is 1.63. The molecule has 0 unspecified atom stereocenters. The Morgan fingerprint density at radius 1 is 1.45 bits per heavy atom. The first-order valence-electron chi connectivity index (χ1n) is 9.83. The number of ether oxygens (including phenoxy) is 2. The highest BCUT2D eigenvalue weighted by Gasteiger charge is 2.31. The van der Waals surface area contributed by atoms with Crippen LogP contribution in [0.4, 0.5) is 5.69 Å². The maximum absolute atomic E-state index is 12.9. The number of benzene rings is 1. The Labute approximate surface area is 180 Å². The van der Waals surface area contributed by atoms with E-state index in [1.807, 2.05) is 33.2 Å². The average molecular weight is 420 g/mol. The predicted molar refractivity (Wildman–Crippen MR) is 118 cm³/mol. The number of hydrogen-bond donors (Lipinski definition) is 3. The molecule has 2 aliphatic heterocycles. The van der Waals surface area contributed by atoms with Crippen molar-refractivity contribution < 1.29 is 14.3 Å². The minimum absolute atomic E-state index is 0.107. The molecule has 160 valence electrons. The van der Waals surface area contributed by atoms with Gasteiger partial charge in [0.05, 0.1) is 17.5 Å². The van der Waals surface area contributed by atoms with Crippen LogP contribution in [0.25, 0.3) is 0 Å². The van der Waals surface area contributed by atoms with Gasteiger partial charge in [0.1, 0.15) is 29.5 Å². The highest BCUT2D eigenvalue weighted by atomic mass is 16.5. The van der Waals surface area contributed by atoms with Crippen molar-refractivity contribution in [1.82, 2.24) is 15.1 Å². The molecule has 0 aliphatic carbocycles. The van der Waals surface area contributed by atoms with Crippen LogP contribution in [-0.2, 0) is 24.9 Å². The number of amides is 1. The normalized spacial score (nSPS) is 17.4. The van der Waals surface area contributed by atoms with Crippen LogP contribution in [0, 0.1) is 5.41 Å². The molecule has 3 heterocycles. The van der Waals surface area contributed by atoms with Crippen LogP contribution < -0.4 is 20.1 Å². The van der Waals surface area contributed by atoms with Gasteiger partial charge >= 0.3 is 0 Å². The number of anilines is 1. The van der Waals surface area contributed by atoms with Gasteiger partial charge in [-0.1, -0.05) is 0 Å². The summed E-state index contributed by atoms with van der Waals surface area (Å²) in [6.45, 7) is 4.31. The van der Waals surface area contributed by atoms with Gasteiger partial charge in [0.2, 0.25) is 0 Å². The smallest absolute Gasteiger partial charge is 0.261 e. The third kappa shape index (κ3) is 4.50. The van der Waals surface area contributed by atoms with E-state index in [2.05, 4.69) is 20.7 Å². The van der Waals surface area contributed by atoms with Crippen LogP contribution in [0.3, 0.4) is 0 Å². The van der Waals surface area contributed by atoms with E-state index in [0.29, 0.717) is 23.7 Å². The third-order valence-electron chi connectivity index (χ3n) is 4.82. The molecule has 1 amide bonds. The Hall–Kier alpha value is -3.88. The fraction of sp³-hybridized carbons (Fsp3) is 0.273. The number of aliphatic imine (C=N–C) groups is 1. The molecule has 2 aromatic rings. The molecule has 4 rings (SSSR count). The lowest BCUT2D eigenvalue weighted by atomic mass is 10.0. The van der Waals surface area contributed by atoms with E-state index in [1.165, 1.54) is 0 Å². The van der Waals surface area contributed by atoms with Gasteiger partial charge < -0.3 is 25.5 Å². The highest BCUT2D eigenvalue weighted by Crippen LogP contribution is 2.41. The average Bonchev–Trinajstić information content (AvgIpc) is 3.28. The standard InChI is InChI=1S/C22H24N6O3/c1-22(2)9-15-7-17(27-21(29)16(10-23)20-24-5-4-6-25-20)19(8-18(15)31-22)30-13-14-11-26-28(3)12-14/h4-8,10-12,23-24H,9,13H2,1-3H3,(H,27,29)/b20-16-,23-10?. The van der Waals surface area contributed by atoms with E-state index in [-0.39, 0.29) is 17.8 Å². The number of allylic oxidation sites excluding steroid dienone is 1. The van der Waals surface area contributed by atoms with E-state index in [9.17, 15) is 4.79 Å². The van der Waals surface area contributed by atoms with Crippen LogP contribution in [0.2, 0.25) is 0 Å². The molecule has 0 bridgehead atoms. The number of nitrogens with zero attached hydrogens (tertiary/aromatic N) is 3. The first kappa shape index (κ1) is 20.4. The van der Waals surface area contributed by atoms with Crippen molar-refractivity contribution in [3.05, 3.63) is 59.3 Å². The van der Waals surface area contributed by atoms with Gasteiger partial charge in [-0.2, -0.15) is 5.10 Å². The fourth-order valence-corrected chi connectivity index (χ4v) is 3.46. The third-order valence-corrected chi connectivity index (χ3v) is 4.82. The molecule has 0 radical (unpaired) electrons. The van der Waals surface area contributed by atoms with Crippen LogP contribution in [-0.4, -0.2) is 33.7 Å². The predicted octanol–water partition coefficient (Wildman–Crippen LogP) is 2.70. The SMILES string of the molecule is Cn1cc(COc2cc3c(cc2NC(=O)/C(C=N)=C2\N=CC=CN2)CC(C)(C)O3)cn1. The summed E-state index contributed by atoms with van der Waals surface area (Å²) in [5.74, 6) is 1.05. The lowest BCUT2D eigenvalue weighted by molar-refractivity contribution is -0.112. The molecular weight excluding hydrogens is 396 g/mol. The minimum atomic E-state index is -0.464. The zero-order valence-electron chi connectivity index (χ0n) is 17.6. The van der Waals surface area contributed by atoms with Gasteiger partial charge in [-0.3, -0.25) is 9.48 Å². The summed E-state index contributed by atoms with van der Waals surface area (Å²) in [5.41, 5.74) is 2.16. The lowest BCUT2D eigenvalue weighted by Gasteiger charge is -2.17. The number of aromatic nitrogens is 2. The summed E-state index contributed by atoms with van der Waals surface area (Å²) in [6, 6.07) is 3.66. The van der Waals surface area contributed by atoms with E-state index in [1.54, 1.807) is 35.4 Å². The summed E-state index contributed by atoms with van der Waals surface area (Å²) in [7, 11) is 1.84. The second-order valence-corrected chi connectivity index (χ2v) is 7.95. The number of rotatable bonds is 6. The minimum Gasteiger partial charge on any atom is -0.487 e. The summed E-state index contributed by atoms with van der Waals surface area (Å²) < 4.78 is 13.7. The summed E-state index contributed by atoms with van der Waals surface area (Å²) >= 11 is 0. The largest absolute Gasteiger partial charge is 0.487 e. The van der Waals surface area contributed by atoms with Crippen molar-refractivity contribution in [2.45, 2.75) is 32.5 Å². The molecule has 9 nitrogen and oxygen atoms in total. The molecular formula is C22H24N6O3. The maximum atomic E-state index is 12.9. The summed E-state index contributed by atoms with van der Waals surface area (Å²) in [6.07, 6.45) is 10.2. The van der Waals surface area contributed by atoms with Crippen LogP contribution in [0.15, 0.2) is 53.2 Å². The first-order valence-corrected chi connectivity index (χ1v) is 9.83. The molecule has 1 aromatic heterocycles. The number of hydrogen-bond acceptors (Lipinski definition) is 7. The van der Waals surface area contributed by atoms with Crippen molar-refractivity contribution in [3.63, 3.8) is 0 Å². The van der Waals surface area contributed by atoms with Crippen LogP contribution >= 0.6 is 0 Å². The second kappa shape index (κ2) is 8.10. The molecule has 2 aliphatic rings. The molecule has 0 saturated carbocycles. The van der Waals surface area contributed by atoms with Gasteiger partial charge in [0.15, 0.2) is 0 Å². The van der Waals surface area contributed by atoms with Crippen molar-refractivity contribution in [2.75, 3.05) is 5.32 Å². The van der Waals surface area contributed by atoms with Gasteiger partial charge in [-0.15, -0.1) is 0 Å². The maximum Gasteiger partial charge on any atom is 0.261 e. The van der Waals surface area contributed by atoms with E-state index in [4.69, 9.17) is 14.9 Å². The van der Waals surface area contributed by atoms with Gasteiger partial charge in [-0.25, -0.2) is 4.99 Å². The van der Waals surface area contributed by atoms with Crippen molar-refractivity contribution in [2.24, 2.45) is 12.0 Å². The molecule has 9 heteroatoms. The van der Waals surface area contributed by atoms with E-state index < -0.39 is 5.91 Å². The van der Waals surface area contributed by atoms with E-state index in [0.717, 1.165) is 23.1 Å². The van der Waals surface area contributed by atoms with E-state index >= 15 is 0 Å². The summed E-state index contributed by atoms with van der Waals surface area (Å²) in [4.78, 5) is 17.1. The van der Waals surface area contributed by atoms with Gasteiger partial charge in [0.25, 0.3) is 5.91 Å². The Morgan fingerprint density at radius 2 is 2.29 bits per heavy atom. The molecule has 0 fully saturated rings. The molecule has 0 spiro atoms. The second-order valence-electron chi connectivity index (χ2n) is 7.95. The van der Waals surface area contributed by atoms with Crippen molar-refractivity contribution in [1.29, 1.82) is 5.41 Å². The van der Waals surface area contributed by atoms with Crippen molar-refractivity contribution >= 4 is 24.0 Å².